The topological polar surface area (TPSA) is 88.2 Å². The third-order valence-corrected chi connectivity index (χ3v) is 2.45. The summed E-state index contributed by atoms with van der Waals surface area (Å²) in [6.07, 6.45) is 2.97. The molecule has 0 aliphatic heterocycles. The summed E-state index contributed by atoms with van der Waals surface area (Å²) in [5.74, 6) is -0.745. The lowest BCUT2D eigenvalue weighted by molar-refractivity contribution is 0.0697. The number of carboxylic acid groups (broad SMARTS) is 1. The molecular formula is C10H8BrN3O3. The van der Waals surface area contributed by atoms with Gasteiger partial charge < -0.3 is 14.9 Å². The van der Waals surface area contributed by atoms with Crippen LogP contribution in [0.2, 0.25) is 0 Å². The van der Waals surface area contributed by atoms with Gasteiger partial charge in [0.25, 0.3) is 0 Å². The SMILES string of the molecule is O=C(O)c1cc(Br)cnc1NCc1ccon1. The number of carbonyl (C=O) groups is 1. The maximum Gasteiger partial charge on any atom is 0.339 e. The van der Waals surface area contributed by atoms with E-state index < -0.39 is 5.97 Å². The van der Waals surface area contributed by atoms with Gasteiger partial charge in [-0.15, -0.1) is 0 Å². The number of aromatic carboxylic acids is 1. The van der Waals surface area contributed by atoms with Crippen LogP contribution in [0.15, 0.2) is 33.6 Å². The zero-order valence-corrected chi connectivity index (χ0v) is 10.1. The number of pyridine rings is 1. The molecular weight excluding hydrogens is 290 g/mol. The number of anilines is 1. The van der Waals surface area contributed by atoms with Crippen LogP contribution in [-0.2, 0) is 6.54 Å². The fraction of sp³-hybridized carbons (Fsp3) is 0.100. The number of hydrogen-bond donors (Lipinski definition) is 2. The van der Waals surface area contributed by atoms with E-state index in [9.17, 15) is 4.79 Å². The zero-order valence-electron chi connectivity index (χ0n) is 8.55. The number of aromatic nitrogens is 2. The Hall–Kier alpha value is -1.89. The Morgan fingerprint density at radius 2 is 2.41 bits per heavy atom. The van der Waals surface area contributed by atoms with Crippen molar-refractivity contribution in [3.63, 3.8) is 0 Å². The van der Waals surface area contributed by atoms with Gasteiger partial charge in [-0.2, -0.15) is 0 Å². The minimum Gasteiger partial charge on any atom is -0.478 e. The molecule has 2 aromatic heterocycles. The normalized spacial score (nSPS) is 10.2. The number of halogens is 1. The van der Waals surface area contributed by atoms with Crippen LogP contribution in [0.3, 0.4) is 0 Å². The molecule has 0 radical (unpaired) electrons. The van der Waals surface area contributed by atoms with Gasteiger partial charge in [0.05, 0.1) is 6.54 Å². The van der Waals surface area contributed by atoms with Crippen molar-refractivity contribution in [2.45, 2.75) is 6.54 Å². The van der Waals surface area contributed by atoms with Crippen molar-refractivity contribution in [1.29, 1.82) is 0 Å². The van der Waals surface area contributed by atoms with Gasteiger partial charge in [-0.25, -0.2) is 9.78 Å². The highest BCUT2D eigenvalue weighted by Crippen LogP contribution is 2.18. The molecule has 2 N–H and O–H groups in total. The van der Waals surface area contributed by atoms with Crippen molar-refractivity contribution in [2.24, 2.45) is 0 Å². The predicted molar refractivity (Wildman–Crippen MR) is 62.7 cm³/mol. The zero-order chi connectivity index (χ0) is 12.3. The van der Waals surface area contributed by atoms with Crippen molar-refractivity contribution in [1.82, 2.24) is 10.1 Å². The van der Waals surface area contributed by atoms with Crippen molar-refractivity contribution in [3.05, 3.63) is 40.3 Å². The molecule has 0 amide bonds. The average Bonchev–Trinajstić information content (AvgIpc) is 2.80. The van der Waals surface area contributed by atoms with Crippen LogP contribution in [0, 0.1) is 0 Å². The van der Waals surface area contributed by atoms with Crippen LogP contribution < -0.4 is 5.32 Å². The Bertz CT molecular complexity index is 528. The molecule has 6 nitrogen and oxygen atoms in total. The molecule has 0 aliphatic rings. The molecule has 88 valence electrons. The fourth-order valence-corrected chi connectivity index (χ4v) is 1.58. The Morgan fingerprint density at radius 1 is 1.59 bits per heavy atom. The van der Waals surface area contributed by atoms with Crippen LogP contribution in [0.1, 0.15) is 16.1 Å². The molecule has 0 aliphatic carbocycles. The molecule has 0 bridgehead atoms. The van der Waals surface area contributed by atoms with E-state index in [2.05, 4.69) is 35.9 Å². The van der Waals surface area contributed by atoms with Gasteiger partial charge in [-0.1, -0.05) is 5.16 Å². The van der Waals surface area contributed by atoms with E-state index in [1.165, 1.54) is 18.5 Å². The third-order valence-electron chi connectivity index (χ3n) is 2.01. The van der Waals surface area contributed by atoms with Gasteiger partial charge in [0.15, 0.2) is 0 Å². The van der Waals surface area contributed by atoms with Crippen molar-refractivity contribution >= 4 is 27.7 Å². The van der Waals surface area contributed by atoms with Crippen LogP contribution >= 0.6 is 15.9 Å². The van der Waals surface area contributed by atoms with E-state index in [1.807, 2.05) is 0 Å². The van der Waals surface area contributed by atoms with Crippen LogP contribution in [-0.4, -0.2) is 21.2 Å². The summed E-state index contributed by atoms with van der Waals surface area (Å²) in [6, 6.07) is 3.17. The molecule has 2 rings (SSSR count). The molecule has 2 aromatic rings. The lowest BCUT2D eigenvalue weighted by atomic mass is 10.2. The van der Waals surface area contributed by atoms with Crippen LogP contribution in [0.5, 0.6) is 0 Å². The average molecular weight is 298 g/mol. The van der Waals surface area contributed by atoms with E-state index in [0.717, 1.165) is 0 Å². The summed E-state index contributed by atoms with van der Waals surface area (Å²) in [6.45, 7) is 0.353. The molecule has 2 heterocycles. The van der Waals surface area contributed by atoms with Gasteiger partial charge >= 0.3 is 5.97 Å². The Labute approximate surface area is 105 Å². The lowest BCUT2D eigenvalue weighted by Gasteiger charge is -2.06. The molecule has 0 saturated heterocycles. The second-order valence-corrected chi connectivity index (χ2v) is 4.11. The summed E-state index contributed by atoms with van der Waals surface area (Å²) in [4.78, 5) is 15.0. The minimum absolute atomic E-state index is 0.0999. The van der Waals surface area contributed by atoms with Gasteiger partial charge in [0, 0.05) is 16.7 Å². The predicted octanol–water partition coefficient (Wildman–Crippen LogP) is 2.14. The fourth-order valence-electron chi connectivity index (χ4n) is 1.25. The van der Waals surface area contributed by atoms with Gasteiger partial charge in [-0.3, -0.25) is 0 Å². The van der Waals surface area contributed by atoms with Crippen LogP contribution in [0.25, 0.3) is 0 Å². The summed E-state index contributed by atoms with van der Waals surface area (Å²) in [5, 5.41) is 15.6. The van der Waals surface area contributed by atoms with Gasteiger partial charge in [0.2, 0.25) is 0 Å². The number of carboxylic acids is 1. The first-order chi connectivity index (χ1) is 8.16. The summed E-state index contributed by atoms with van der Waals surface area (Å²) >= 11 is 3.17. The molecule has 0 aromatic carbocycles. The minimum atomic E-state index is -1.04. The smallest absolute Gasteiger partial charge is 0.339 e. The van der Waals surface area contributed by atoms with E-state index >= 15 is 0 Å². The third kappa shape index (κ3) is 2.82. The van der Waals surface area contributed by atoms with E-state index in [0.29, 0.717) is 22.5 Å². The van der Waals surface area contributed by atoms with Crippen molar-refractivity contribution in [2.75, 3.05) is 5.32 Å². The Morgan fingerprint density at radius 3 is 3.06 bits per heavy atom. The highest BCUT2D eigenvalue weighted by molar-refractivity contribution is 9.10. The van der Waals surface area contributed by atoms with E-state index in [4.69, 9.17) is 5.11 Å². The molecule has 0 unspecified atom stereocenters. The summed E-state index contributed by atoms with van der Waals surface area (Å²) in [7, 11) is 0. The first-order valence-electron chi connectivity index (χ1n) is 4.69. The van der Waals surface area contributed by atoms with E-state index in [1.54, 1.807) is 6.07 Å². The maximum atomic E-state index is 11.0. The first kappa shape index (κ1) is 11.6. The molecule has 17 heavy (non-hydrogen) atoms. The number of nitrogens with zero attached hydrogens (tertiary/aromatic N) is 2. The maximum absolute atomic E-state index is 11.0. The highest BCUT2D eigenvalue weighted by Gasteiger charge is 2.12. The second-order valence-electron chi connectivity index (χ2n) is 3.20. The number of hydrogen-bond acceptors (Lipinski definition) is 5. The Kier molecular flexibility index (Phi) is 3.38. The van der Waals surface area contributed by atoms with Crippen molar-refractivity contribution in [3.8, 4) is 0 Å². The van der Waals surface area contributed by atoms with Crippen molar-refractivity contribution < 1.29 is 14.4 Å². The summed E-state index contributed by atoms with van der Waals surface area (Å²) < 4.78 is 5.28. The van der Waals surface area contributed by atoms with Gasteiger partial charge in [-0.05, 0) is 22.0 Å². The number of rotatable bonds is 4. The second kappa shape index (κ2) is 4.96. The quantitative estimate of drug-likeness (QED) is 0.899. The highest BCUT2D eigenvalue weighted by atomic mass is 79.9. The lowest BCUT2D eigenvalue weighted by Crippen LogP contribution is -2.08. The number of nitrogens with one attached hydrogen (secondary N) is 1. The molecule has 7 heteroatoms. The first-order valence-corrected chi connectivity index (χ1v) is 5.48. The van der Waals surface area contributed by atoms with Gasteiger partial charge in [0.1, 0.15) is 23.3 Å². The standard InChI is InChI=1S/C10H8BrN3O3/c11-6-3-8(10(15)16)9(12-4-6)13-5-7-1-2-17-14-7/h1-4H,5H2,(H,12,13)(H,15,16). The molecule has 0 fully saturated rings. The Balaban J connectivity index is 2.17. The molecule has 0 atom stereocenters. The van der Waals surface area contributed by atoms with E-state index in [-0.39, 0.29) is 5.56 Å². The largest absolute Gasteiger partial charge is 0.478 e. The molecule has 0 spiro atoms. The van der Waals surface area contributed by atoms with Crippen LogP contribution in [0.4, 0.5) is 5.82 Å². The monoisotopic (exact) mass is 297 g/mol. The summed E-state index contributed by atoms with van der Waals surface area (Å²) in [5.41, 5.74) is 0.772. The molecule has 0 saturated carbocycles.